The Labute approximate surface area is 133 Å². The topological polar surface area (TPSA) is 49.4 Å². The molecule has 1 rings (SSSR count). The molecule has 22 heavy (non-hydrogen) atoms. The van der Waals surface area contributed by atoms with Gasteiger partial charge >= 0.3 is 0 Å². The lowest BCUT2D eigenvalue weighted by Crippen LogP contribution is -2.38. The third kappa shape index (κ3) is 4.58. The van der Waals surface area contributed by atoms with E-state index in [0.717, 1.165) is 29.7 Å². The second-order valence-corrected chi connectivity index (χ2v) is 6.03. The van der Waals surface area contributed by atoms with Crippen molar-refractivity contribution >= 4 is 17.5 Å². The summed E-state index contributed by atoms with van der Waals surface area (Å²) in [6.07, 6.45) is 1.61. The van der Waals surface area contributed by atoms with E-state index in [2.05, 4.69) is 5.32 Å². The van der Waals surface area contributed by atoms with E-state index >= 15 is 0 Å². The predicted octanol–water partition coefficient (Wildman–Crippen LogP) is 3.44. The van der Waals surface area contributed by atoms with Gasteiger partial charge in [0.25, 0.3) is 0 Å². The minimum absolute atomic E-state index is 0.000599. The maximum Gasteiger partial charge on any atom is 0.243 e. The van der Waals surface area contributed by atoms with Crippen LogP contribution in [0.2, 0.25) is 0 Å². The van der Waals surface area contributed by atoms with Crippen LogP contribution < -0.4 is 5.32 Å². The van der Waals surface area contributed by atoms with Crippen molar-refractivity contribution in [2.24, 2.45) is 5.92 Å². The van der Waals surface area contributed by atoms with E-state index in [1.165, 1.54) is 10.5 Å². The molecule has 0 fully saturated rings. The van der Waals surface area contributed by atoms with Crippen LogP contribution in [0.4, 0.5) is 5.69 Å². The van der Waals surface area contributed by atoms with Crippen molar-refractivity contribution in [3.63, 3.8) is 0 Å². The normalized spacial score (nSPS) is 10.7. The first-order valence-corrected chi connectivity index (χ1v) is 7.92. The molecule has 0 saturated carbocycles. The summed E-state index contributed by atoms with van der Waals surface area (Å²) in [5.41, 5.74) is 4.10. The zero-order valence-electron chi connectivity index (χ0n) is 14.6. The fourth-order valence-corrected chi connectivity index (χ4v) is 2.80. The molecule has 0 bridgehead atoms. The number of likely N-dealkylation sites (N-methyl/N-ethyl adjacent to an activating group) is 1. The van der Waals surface area contributed by atoms with Gasteiger partial charge in [0.1, 0.15) is 0 Å². The number of carbonyl (C=O) groups is 2. The Morgan fingerprint density at radius 2 is 1.59 bits per heavy atom. The van der Waals surface area contributed by atoms with Gasteiger partial charge in [-0.15, -0.1) is 0 Å². The molecule has 122 valence electrons. The van der Waals surface area contributed by atoms with Crippen molar-refractivity contribution in [2.75, 3.05) is 18.9 Å². The first kappa shape index (κ1) is 18.2. The number of amides is 2. The van der Waals surface area contributed by atoms with E-state index < -0.39 is 0 Å². The van der Waals surface area contributed by atoms with Gasteiger partial charge < -0.3 is 10.2 Å². The summed E-state index contributed by atoms with van der Waals surface area (Å²) in [6, 6.07) is 4.09. The van der Waals surface area contributed by atoms with Crippen molar-refractivity contribution in [3.05, 3.63) is 28.8 Å². The van der Waals surface area contributed by atoms with Crippen molar-refractivity contribution in [1.29, 1.82) is 0 Å². The smallest absolute Gasteiger partial charge is 0.243 e. The zero-order chi connectivity index (χ0) is 16.9. The van der Waals surface area contributed by atoms with Crippen LogP contribution in [0.3, 0.4) is 0 Å². The second kappa shape index (κ2) is 7.97. The molecule has 0 aliphatic carbocycles. The van der Waals surface area contributed by atoms with Gasteiger partial charge in [-0.05, 0) is 44.7 Å². The average molecular weight is 304 g/mol. The molecule has 0 aliphatic rings. The fourth-order valence-electron chi connectivity index (χ4n) is 2.80. The molecule has 0 atom stereocenters. The highest BCUT2D eigenvalue weighted by atomic mass is 16.2. The number of nitrogens with one attached hydrogen (secondary N) is 1. The highest BCUT2D eigenvalue weighted by Crippen LogP contribution is 2.22. The lowest BCUT2D eigenvalue weighted by atomic mass is 10.0. The first-order valence-electron chi connectivity index (χ1n) is 7.92. The molecule has 0 unspecified atom stereocenters. The largest absolute Gasteiger partial charge is 0.336 e. The van der Waals surface area contributed by atoms with Crippen LogP contribution in [0.15, 0.2) is 12.1 Å². The molecule has 0 aromatic heterocycles. The lowest BCUT2D eigenvalue weighted by Gasteiger charge is -2.22. The van der Waals surface area contributed by atoms with E-state index in [0.29, 0.717) is 0 Å². The summed E-state index contributed by atoms with van der Waals surface area (Å²) < 4.78 is 0. The molecular formula is C18H28N2O2. The molecule has 0 saturated heterocycles. The van der Waals surface area contributed by atoms with Crippen LogP contribution in [0.25, 0.3) is 0 Å². The molecule has 1 aromatic carbocycles. The second-order valence-electron chi connectivity index (χ2n) is 6.03. The predicted molar refractivity (Wildman–Crippen MR) is 91.0 cm³/mol. The van der Waals surface area contributed by atoms with Gasteiger partial charge in [0.2, 0.25) is 11.8 Å². The number of hydrogen-bond donors (Lipinski definition) is 1. The Morgan fingerprint density at radius 1 is 1.09 bits per heavy atom. The molecule has 1 aromatic rings. The van der Waals surface area contributed by atoms with Crippen molar-refractivity contribution in [2.45, 2.75) is 47.5 Å². The summed E-state index contributed by atoms with van der Waals surface area (Å²) in [6.45, 7) is 10.1. The highest BCUT2D eigenvalue weighted by molar-refractivity contribution is 5.96. The maximum absolute atomic E-state index is 12.2. The molecular weight excluding hydrogens is 276 g/mol. The number of nitrogens with zero attached hydrogens (tertiary/aromatic N) is 1. The standard InChI is InChI=1S/C18H28N2O2/c1-7-15(8-2)18(22)20(6)11-16(21)19-17-13(4)9-12(3)10-14(17)5/h9-10,15H,7-8,11H2,1-6H3,(H,19,21). The van der Waals surface area contributed by atoms with Crippen LogP contribution >= 0.6 is 0 Å². The highest BCUT2D eigenvalue weighted by Gasteiger charge is 2.20. The quantitative estimate of drug-likeness (QED) is 0.875. The van der Waals surface area contributed by atoms with E-state index in [4.69, 9.17) is 0 Å². The molecule has 4 heteroatoms. The molecule has 1 N–H and O–H groups in total. The zero-order valence-corrected chi connectivity index (χ0v) is 14.6. The third-order valence-corrected chi connectivity index (χ3v) is 4.03. The Hall–Kier alpha value is -1.84. The molecule has 2 amide bonds. The number of hydrogen-bond acceptors (Lipinski definition) is 2. The Bertz CT molecular complexity index is 525. The summed E-state index contributed by atoms with van der Waals surface area (Å²) in [5.74, 6) is -0.116. The molecule has 0 heterocycles. The van der Waals surface area contributed by atoms with Crippen LogP contribution in [0, 0.1) is 26.7 Å². The summed E-state index contributed by atoms with van der Waals surface area (Å²) in [4.78, 5) is 25.9. The van der Waals surface area contributed by atoms with Crippen molar-refractivity contribution < 1.29 is 9.59 Å². The molecule has 4 nitrogen and oxygen atoms in total. The first-order chi connectivity index (χ1) is 10.3. The molecule has 0 radical (unpaired) electrons. The third-order valence-electron chi connectivity index (χ3n) is 4.03. The van der Waals surface area contributed by atoms with E-state index in [-0.39, 0.29) is 24.3 Å². The Kier molecular flexibility index (Phi) is 6.60. The van der Waals surface area contributed by atoms with Gasteiger partial charge in [-0.25, -0.2) is 0 Å². The van der Waals surface area contributed by atoms with Gasteiger partial charge in [-0.1, -0.05) is 31.5 Å². The van der Waals surface area contributed by atoms with Crippen LogP contribution in [0.1, 0.15) is 43.4 Å². The van der Waals surface area contributed by atoms with Gasteiger partial charge in [-0.3, -0.25) is 9.59 Å². The number of benzene rings is 1. The van der Waals surface area contributed by atoms with Gasteiger partial charge in [0, 0.05) is 18.7 Å². The summed E-state index contributed by atoms with van der Waals surface area (Å²) in [7, 11) is 1.69. The minimum atomic E-state index is -0.156. The minimum Gasteiger partial charge on any atom is -0.336 e. The van der Waals surface area contributed by atoms with Gasteiger partial charge in [-0.2, -0.15) is 0 Å². The van der Waals surface area contributed by atoms with Gasteiger partial charge in [0.05, 0.1) is 6.54 Å². The monoisotopic (exact) mass is 304 g/mol. The Morgan fingerprint density at radius 3 is 2.05 bits per heavy atom. The molecule has 0 aliphatic heterocycles. The van der Waals surface area contributed by atoms with Gasteiger partial charge in [0.15, 0.2) is 0 Å². The number of rotatable bonds is 6. The Balaban J connectivity index is 2.73. The SMILES string of the molecule is CCC(CC)C(=O)N(C)CC(=O)Nc1c(C)cc(C)cc1C. The number of carbonyl (C=O) groups excluding carboxylic acids is 2. The fraction of sp³-hybridized carbons (Fsp3) is 0.556. The van der Waals surface area contributed by atoms with Crippen LogP contribution in [-0.4, -0.2) is 30.3 Å². The number of anilines is 1. The summed E-state index contributed by atoms with van der Waals surface area (Å²) >= 11 is 0. The average Bonchev–Trinajstić information content (AvgIpc) is 2.43. The lowest BCUT2D eigenvalue weighted by molar-refractivity contribution is -0.137. The summed E-state index contributed by atoms with van der Waals surface area (Å²) in [5, 5.41) is 2.93. The van der Waals surface area contributed by atoms with Crippen LogP contribution in [0.5, 0.6) is 0 Å². The van der Waals surface area contributed by atoms with E-state index in [9.17, 15) is 9.59 Å². The van der Waals surface area contributed by atoms with E-state index in [1.807, 2.05) is 46.8 Å². The van der Waals surface area contributed by atoms with Crippen molar-refractivity contribution in [3.8, 4) is 0 Å². The van der Waals surface area contributed by atoms with Crippen LogP contribution in [-0.2, 0) is 9.59 Å². The van der Waals surface area contributed by atoms with Crippen molar-refractivity contribution in [1.82, 2.24) is 4.90 Å². The number of aryl methyl sites for hydroxylation is 3. The van der Waals surface area contributed by atoms with E-state index in [1.54, 1.807) is 7.05 Å². The maximum atomic E-state index is 12.2. The molecule has 0 spiro atoms.